The summed E-state index contributed by atoms with van der Waals surface area (Å²) < 4.78 is 0. The number of benzene rings is 1. The van der Waals surface area contributed by atoms with Crippen molar-refractivity contribution in [1.82, 2.24) is 4.90 Å². The zero-order valence-corrected chi connectivity index (χ0v) is 11.2. The summed E-state index contributed by atoms with van der Waals surface area (Å²) in [6.45, 7) is 1.20. The Hall–Kier alpha value is -2.74. The highest BCUT2D eigenvalue weighted by Gasteiger charge is 2.30. The molecule has 0 atom stereocenters. The van der Waals surface area contributed by atoms with Gasteiger partial charge >= 0.3 is 0 Å². The van der Waals surface area contributed by atoms with Crippen molar-refractivity contribution < 1.29 is 19.6 Å². The Morgan fingerprint density at radius 2 is 2.10 bits per heavy atom. The van der Waals surface area contributed by atoms with E-state index in [0.717, 1.165) is 11.0 Å². The number of nitro groups is 1. The molecule has 0 aromatic heterocycles. The number of β-amino-alcohol motifs (C(OH)–C–C–N with tert-alkyl or cyclic N) is 1. The van der Waals surface area contributed by atoms with Crippen LogP contribution in [0.25, 0.3) is 0 Å². The van der Waals surface area contributed by atoms with Gasteiger partial charge in [-0.25, -0.2) is 0 Å². The summed E-state index contributed by atoms with van der Waals surface area (Å²) in [6, 6.07) is 4.30. The van der Waals surface area contributed by atoms with E-state index in [1.165, 1.54) is 18.2 Å². The van der Waals surface area contributed by atoms with Crippen LogP contribution in [0, 0.1) is 17.0 Å². The largest absolute Gasteiger partial charge is 0.395 e. The Morgan fingerprint density at radius 1 is 1.38 bits per heavy atom. The highest BCUT2D eigenvalue weighted by Crippen LogP contribution is 2.23. The van der Waals surface area contributed by atoms with Crippen LogP contribution in [-0.4, -0.2) is 39.9 Å². The number of aliphatic hydroxyl groups excluding tert-OH is 1. The number of nitrogens with one attached hydrogen (secondary N) is 1. The van der Waals surface area contributed by atoms with E-state index in [2.05, 4.69) is 5.32 Å². The van der Waals surface area contributed by atoms with Gasteiger partial charge in [0.1, 0.15) is 5.70 Å². The molecule has 0 spiro atoms. The molecule has 1 aromatic rings. The Kier molecular flexibility index (Phi) is 3.99. The fraction of sp³-hybridized carbons (Fsp3) is 0.231. The first-order chi connectivity index (χ1) is 9.93. The Labute approximate surface area is 119 Å². The summed E-state index contributed by atoms with van der Waals surface area (Å²) in [5, 5.41) is 22.3. The van der Waals surface area contributed by atoms with Crippen LogP contribution < -0.4 is 5.32 Å². The molecule has 1 aromatic carbocycles. The lowest BCUT2D eigenvalue weighted by atomic mass is 10.2. The number of carbonyl (C=O) groups is 2. The van der Waals surface area contributed by atoms with E-state index >= 15 is 0 Å². The lowest BCUT2D eigenvalue weighted by molar-refractivity contribution is -0.385. The summed E-state index contributed by atoms with van der Waals surface area (Å²) in [6.07, 6.45) is 1.13. The molecule has 8 heteroatoms. The predicted molar refractivity (Wildman–Crippen MR) is 73.3 cm³/mol. The van der Waals surface area contributed by atoms with Gasteiger partial charge in [-0.05, 0) is 19.1 Å². The number of imide groups is 1. The Balaban J connectivity index is 2.18. The molecule has 110 valence electrons. The second kappa shape index (κ2) is 5.71. The van der Waals surface area contributed by atoms with Crippen LogP contribution in [0.2, 0.25) is 0 Å². The number of hydrogen-bond acceptors (Lipinski definition) is 6. The smallest absolute Gasteiger partial charge is 0.277 e. The minimum Gasteiger partial charge on any atom is -0.395 e. The van der Waals surface area contributed by atoms with E-state index in [-0.39, 0.29) is 24.5 Å². The van der Waals surface area contributed by atoms with E-state index in [1.54, 1.807) is 6.92 Å². The van der Waals surface area contributed by atoms with Gasteiger partial charge in [0.25, 0.3) is 17.5 Å². The van der Waals surface area contributed by atoms with Gasteiger partial charge in [0.2, 0.25) is 0 Å². The van der Waals surface area contributed by atoms with Gasteiger partial charge in [-0.1, -0.05) is 0 Å². The minimum absolute atomic E-state index is 0.0229. The zero-order chi connectivity index (χ0) is 15.6. The molecule has 2 amide bonds. The van der Waals surface area contributed by atoms with E-state index in [9.17, 15) is 19.7 Å². The maximum Gasteiger partial charge on any atom is 0.277 e. The molecule has 2 rings (SSSR count). The summed E-state index contributed by atoms with van der Waals surface area (Å²) in [7, 11) is 0. The van der Waals surface area contributed by atoms with Crippen LogP contribution in [0.15, 0.2) is 30.0 Å². The van der Waals surface area contributed by atoms with Crippen LogP contribution in [0.1, 0.15) is 5.56 Å². The van der Waals surface area contributed by atoms with Crippen molar-refractivity contribution >= 4 is 23.2 Å². The molecule has 2 N–H and O–H groups in total. The number of rotatable bonds is 5. The van der Waals surface area contributed by atoms with E-state index in [0.29, 0.717) is 11.3 Å². The van der Waals surface area contributed by atoms with Gasteiger partial charge in [-0.3, -0.25) is 24.6 Å². The molecule has 0 radical (unpaired) electrons. The van der Waals surface area contributed by atoms with Crippen molar-refractivity contribution in [3.63, 3.8) is 0 Å². The maximum atomic E-state index is 11.9. The number of carbonyl (C=O) groups excluding carboxylic acids is 2. The number of nitrogens with zero attached hydrogens (tertiary/aromatic N) is 2. The van der Waals surface area contributed by atoms with E-state index in [4.69, 9.17) is 5.11 Å². The molecule has 1 heterocycles. The highest BCUT2D eigenvalue weighted by atomic mass is 16.6. The van der Waals surface area contributed by atoms with Crippen molar-refractivity contribution in [3.05, 3.63) is 45.6 Å². The highest BCUT2D eigenvalue weighted by molar-refractivity contribution is 6.17. The molecule has 8 nitrogen and oxygen atoms in total. The Morgan fingerprint density at radius 3 is 2.67 bits per heavy atom. The predicted octanol–water partition coefficient (Wildman–Crippen LogP) is 0.560. The number of hydrogen-bond donors (Lipinski definition) is 2. The van der Waals surface area contributed by atoms with Crippen molar-refractivity contribution in [2.75, 3.05) is 18.5 Å². The third kappa shape index (κ3) is 2.90. The van der Waals surface area contributed by atoms with Gasteiger partial charge in [0, 0.05) is 23.4 Å². The SMILES string of the molecule is Cc1cc(NC2=CC(=O)N(CCO)C2=O)ccc1[N+](=O)[O-]. The minimum atomic E-state index is -0.537. The first kappa shape index (κ1) is 14.7. The quantitative estimate of drug-likeness (QED) is 0.465. The van der Waals surface area contributed by atoms with Gasteiger partial charge in [0.15, 0.2) is 0 Å². The van der Waals surface area contributed by atoms with E-state index < -0.39 is 16.7 Å². The third-order valence-corrected chi connectivity index (χ3v) is 3.01. The number of aliphatic hydroxyl groups is 1. The molecule has 21 heavy (non-hydrogen) atoms. The average molecular weight is 291 g/mol. The summed E-state index contributed by atoms with van der Waals surface area (Å²) in [5.74, 6) is -1.04. The van der Waals surface area contributed by atoms with Crippen LogP contribution in [-0.2, 0) is 9.59 Å². The second-order valence-electron chi connectivity index (χ2n) is 4.46. The molecular weight excluding hydrogens is 278 g/mol. The molecule has 0 bridgehead atoms. The van der Waals surface area contributed by atoms with E-state index in [1.807, 2.05) is 0 Å². The first-order valence-corrected chi connectivity index (χ1v) is 6.14. The average Bonchev–Trinajstić information content (AvgIpc) is 2.66. The summed E-state index contributed by atoms with van der Waals surface area (Å²) in [5.41, 5.74) is 0.956. The molecule has 1 aliphatic heterocycles. The Bertz CT molecular complexity index is 653. The molecular formula is C13H13N3O5. The molecule has 0 saturated heterocycles. The van der Waals surface area contributed by atoms with Crippen molar-refractivity contribution in [3.8, 4) is 0 Å². The number of nitro benzene ring substituents is 1. The zero-order valence-electron chi connectivity index (χ0n) is 11.2. The van der Waals surface area contributed by atoms with Crippen LogP contribution in [0.4, 0.5) is 11.4 Å². The second-order valence-corrected chi connectivity index (χ2v) is 4.46. The van der Waals surface area contributed by atoms with Crippen molar-refractivity contribution in [2.24, 2.45) is 0 Å². The van der Waals surface area contributed by atoms with Gasteiger partial charge in [-0.2, -0.15) is 0 Å². The van der Waals surface area contributed by atoms with Crippen LogP contribution in [0.5, 0.6) is 0 Å². The number of amides is 2. The normalized spacial score (nSPS) is 14.4. The van der Waals surface area contributed by atoms with Gasteiger partial charge in [0.05, 0.1) is 18.1 Å². The first-order valence-electron chi connectivity index (χ1n) is 6.14. The van der Waals surface area contributed by atoms with Crippen molar-refractivity contribution in [2.45, 2.75) is 6.92 Å². The van der Waals surface area contributed by atoms with Gasteiger partial charge in [-0.15, -0.1) is 0 Å². The number of aryl methyl sites for hydroxylation is 1. The lowest BCUT2D eigenvalue weighted by Gasteiger charge is -2.13. The molecule has 0 unspecified atom stereocenters. The monoisotopic (exact) mass is 291 g/mol. The summed E-state index contributed by atoms with van der Waals surface area (Å²) >= 11 is 0. The molecule has 1 aliphatic rings. The summed E-state index contributed by atoms with van der Waals surface area (Å²) in [4.78, 5) is 34.7. The third-order valence-electron chi connectivity index (χ3n) is 3.01. The molecule has 0 saturated carbocycles. The standard InChI is InChI=1S/C13H13N3O5/c1-8-6-9(2-3-11(8)16(20)21)14-10-7-12(18)15(4-5-17)13(10)19/h2-3,6-7,14,17H,4-5H2,1H3. The fourth-order valence-corrected chi connectivity index (χ4v) is 2.00. The lowest BCUT2D eigenvalue weighted by Crippen LogP contribution is -2.34. The van der Waals surface area contributed by atoms with Crippen molar-refractivity contribution in [1.29, 1.82) is 0 Å². The van der Waals surface area contributed by atoms with Crippen LogP contribution >= 0.6 is 0 Å². The van der Waals surface area contributed by atoms with Gasteiger partial charge < -0.3 is 10.4 Å². The maximum absolute atomic E-state index is 11.9. The fourth-order valence-electron chi connectivity index (χ4n) is 2.00. The number of anilines is 1. The topological polar surface area (TPSA) is 113 Å². The molecule has 0 fully saturated rings. The molecule has 0 aliphatic carbocycles. The van der Waals surface area contributed by atoms with Crippen LogP contribution in [0.3, 0.4) is 0 Å².